The summed E-state index contributed by atoms with van der Waals surface area (Å²) < 4.78 is 76.4. The molecule has 0 atom stereocenters. The summed E-state index contributed by atoms with van der Waals surface area (Å²) in [5.74, 6) is -0.967. The molecule has 18 heavy (non-hydrogen) atoms. The third-order valence-corrected chi connectivity index (χ3v) is 2.72. The lowest BCUT2D eigenvalue weighted by atomic mass is 10.2. The number of aromatic nitrogens is 1. The van der Waals surface area contributed by atoms with Crippen LogP contribution >= 0.6 is 22.6 Å². The van der Waals surface area contributed by atoms with Gasteiger partial charge >= 0.3 is 12.5 Å². The van der Waals surface area contributed by atoms with Crippen molar-refractivity contribution in [2.45, 2.75) is 19.1 Å². The Balaban J connectivity index is 3.34. The number of halogens is 7. The number of alkyl halides is 6. The van der Waals surface area contributed by atoms with Crippen LogP contribution < -0.4 is 10.5 Å². The zero-order valence-corrected chi connectivity index (χ0v) is 10.5. The van der Waals surface area contributed by atoms with Crippen LogP contribution in [0.5, 0.6) is 5.75 Å². The molecule has 0 saturated heterocycles. The molecule has 0 saturated carbocycles. The van der Waals surface area contributed by atoms with Gasteiger partial charge in [0.15, 0.2) is 5.69 Å². The number of nitrogens with zero attached hydrogens (tertiary/aromatic N) is 1. The summed E-state index contributed by atoms with van der Waals surface area (Å²) in [6, 6.07) is 0.727. The molecule has 0 radical (unpaired) electrons. The molecule has 3 nitrogen and oxygen atoms in total. The van der Waals surface area contributed by atoms with E-state index in [1.165, 1.54) is 0 Å². The van der Waals surface area contributed by atoms with Crippen molar-refractivity contribution in [2.24, 2.45) is 5.73 Å². The van der Waals surface area contributed by atoms with Crippen molar-refractivity contribution < 1.29 is 31.1 Å². The lowest BCUT2D eigenvalue weighted by Gasteiger charge is -2.15. The van der Waals surface area contributed by atoms with Crippen LogP contribution in [0, 0.1) is 3.57 Å². The quantitative estimate of drug-likeness (QED) is 0.628. The van der Waals surface area contributed by atoms with E-state index in [4.69, 9.17) is 5.73 Å². The van der Waals surface area contributed by atoms with Gasteiger partial charge in [0.1, 0.15) is 5.75 Å². The molecule has 1 aromatic heterocycles. The maximum absolute atomic E-state index is 12.5. The maximum Gasteiger partial charge on any atom is 0.573 e. The van der Waals surface area contributed by atoms with E-state index in [-0.39, 0.29) is 5.69 Å². The highest BCUT2D eigenvalue weighted by atomic mass is 127. The topological polar surface area (TPSA) is 48.1 Å². The van der Waals surface area contributed by atoms with Gasteiger partial charge in [-0.15, -0.1) is 13.2 Å². The number of hydrogen-bond donors (Lipinski definition) is 1. The smallest absolute Gasteiger partial charge is 0.405 e. The van der Waals surface area contributed by atoms with E-state index in [1.54, 1.807) is 0 Å². The molecule has 0 fully saturated rings. The second-order valence-corrected chi connectivity index (χ2v) is 4.10. The molecule has 0 aliphatic carbocycles. The van der Waals surface area contributed by atoms with Gasteiger partial charge in [-0.2, -0.15) is 13.2 Å². The Morgan fingerprint density at radius 1 is 1.22 bits per heavy atom. The molecule has 0 aliphatic rings. The van der Waals surface area contributed by atoms with Crippen LogP contribution in [0.2, 0.25) is 0 Å². The first-order chi connectivity index (χ1) is 8.04. The van der Waals surface area contributed by atoms with Gasteiger partial charge < -0.3 is 10.5 Å². The average Bonchev–Trinajstić information content (AvgIpc) is 2.17. The molecule has 0 spiro atoms. The first kappa shape index (κ1) is 15.3. The fraction of sp³-hybridized carbons (Fsp3) is 0.375. The summed E-state index contributed by atoms with van der Waals surface area (Å²) in [5.41, 5.74) is 3.28. The van der Waals surface area contributed by atoms with Crippen LogP contribution in [-0.4, -0.2) is 11.3 Å². The molecule has 0 amide bonds. The predicted octanol–water partition coefficient (Wildman–Crippen LogP) is 3.06. The van der Waals surface area contributed by atoms with Gasteiger partial charge in [0, 0.05) is 12.6 Å². The Morgan fingerprint density at radius 2 is 1.78 bits per heavy atom. The lowest BCUT2D eigenvalue weighted by molar-refractivity contribution is -0.275. The predicted molar refractivity (Wildman–Crippen MR) is 56.5 cm³/mol. The molecular weight excluding hydrogens is 381 g/mol. The monoisotopic (exact) mass is 386 g/mol. The van der Waals surface area contributed by atoms with Crippen molar-refractivity contribution >= 4 is 22.6 Å². The van der Waals surface area contributed by atoms with Crippen LogP contribution in [0.15, 0.2) is 6.07 Å². The third-order valence-electron chi connectivity index (χ3n) is 1.68. The highest BCUT2D eigenvalue weighted by Gasteiger charge is 2.39. The van der Waals surface area contributed by atoms with Crippen LogP contribution in [0.1, 0.15) is 11.4 Å². The van der Waals surface area contributed by atoms with Crippen molar-refractivity contribution in [3.05, 3.63) is 21.0 Å². The van der Waals surface area contributed by atoms with Gasteiger partial charge in [-0.05, 0) is 22.6 Å². The summed E-state index contributed by atoms with van der Waals surface area (Å²) >= 11 is 1.09. The molecule has 0 aliphatic heterocycles. The second kappa shape index (κ2) is 5.07. The summed E-state index contributed by atoms with van der Waals surface area (Å²) in [6.07, 6.45) is -9.97. The van der Waals surface area contributed by atoms with Crippen molar-refractivity contribution in [3.63, 3.8) is 0 Å². The molecular formula is C8H5F6IN2O. The zero-order valence-electron chi connectivity index (χ0n) is 8.36. The van der Waals surface area contributed by atoms with Gasteiger partial charge in [0.25, 0.3) is 0 Å². The third kappa shape index (κ3) is 3.86. The average molecular weight is 386 g/mol. The molecule has 102 valence electrons. The molecule has 1 rings (SSSR count). The Kier molecular flexibility index (Phi) is 4.30. The van der Waals surface area contributed by atoms with E-state index in [0.29, 0.717) is 0 Å². The van der Waals surface area contributed by atoms with Gasteiger partial charge in [-0.1, -0.05) is 0 Å². The summed E-state index contributed by atoms with van der Waals surface area (Å²) in [6.45, 7) is -0.436. The number of hydrogen-bond acceptors (Lipinski definition) is 3. The van der Waals surface area contributed by atoms with Gasteiger partial charge in [-0.3, -0.25) is 0 Å². The Hall–Kier alpha value is -0.780. The fourth-order valence-electron chi connectivity index (χ4n) is 1.05. The molecule has 1 aromatic rings. The first-order valence-electron chi connectivity index (χ1n) is 4.27. The van der Waals surface area contributed by atoms with Crippen molar-refractivity contribution in [1.82, 2.24) is 4.98 Å². The molecule has 1 heterocycles. The second-order valence-electron chi connectivity index (χ2n) is 3.02. The van der Waals surface area contributed by atoms with Gasteiger partial charge in [0.2, 0.25) is 0 Å². The minimum Gasteiger partial charge on any atom is -0.405 e. The van der Waals surface area contributed by atoms with Crippen molar-refractivity contribution in [3.8, 4) is 5.75 Å². The number of rotatable bonds is 2. The van der Waals surface area contributed by atoms with Gasteiger partial charge in [-0.25, -0.2) is 4.98 Å². The Labute approximate surface area is 110 Å². The summed E-state index contributed by atoms with van der Waals surface area (Å²) in [5, 5.41) is 0. The largest absolute Gasteiger partial charge is 0.573 e. The van der Waals surface area contributed by atoms with Crippen LogP contribution in [0.3, 0.4) is 0 Å². The van der Waals surface area contributed by atoms with E-state index in [1.807, 2.05) is 0 Å². The van der Waals surface area contributed by atoms with E-state index >= 15 is 0 Å². The maximum atomic E-state index is 12.5. The molecule has 10 heteroatoms. The van der Waals surface area contributed by atoms with E-state index < -0.39 is 34.1 Å². The zero-order chi connectivity index (χ0) is 14.1. The highest BCUT2D eigenvalue weighted by Crippen LogP contribution is 2.37. The van der Waals surface area contributed by atoms with Crippen LogP contribution in [-0.2, 0) is 12.7 Å². The molecule has 0 unspecified atom stereocenters. The lowest BCUT2D eigenvalue weighted by Crippen LogP contribution is -2.21. The minimum atomic E-state index is -5.09. The fourth-order valence-corrected chi connectivity index (χ4v) is 1.74. The van der Waals surface area contributed by atoms with Crippen LogP contribution in [0.4, 0.5) is 26.3 Å². The standard InChI is InChI=1S/C8H5F6IN2O/c9-7(10,11)6-5(15)4(18-8(12,13)14)1-3(2-16)17-6/h1H,2,16H2. The van der Waals surface area contributed by atoms with E-state index in [9.17, 15) is 26.3 Å². The van der Waals surface area contributed by atoms with Crippen molar-refractivity contribution in [2.75, 3.05) is 0 Å². The van der Waals surface area contributed by atoms with Crippen LogP contribution in [0.25, 0.3) is 0 Å². The first-order valence-corrected chi connectivity index (χ1v) is 5.35. The highest BCUT2D eigenvalue weighted by molar-refractivity contribution is 14.1. The van der Waals surface area contributed by atoms with Gasteiger partial charge in [0.05, 0.1) is 9.26 Å². The van der Waals surface area contributed by atoms with E-state index in [2.05, 4.69) is 9.72 Å². The SMILES string of the molecule is NCc1cc(OC(F)(F)F)c(I)c(C(F)(F)F)n1. The summed E-state index contributed by atoms with van der Waals surface area (Å²) in [4.78, 5) is 3.15. The minimum absolute atomic E-state index is 0.345. The van der Waals surface area contributed by atoms with E-state index in [0.717, 1.165) is 28.7 Å². The summed E-state index contributed by atoms with van der Waals surface area (Å²) in [7, 11) is 0. The number of ether oxygens (including phenoxy) is 1. The number of nitrogens with two attached hydrogens (primary N) is 1. The number of pyridine rings is 1. The molecule has 0 aromatic carbocycles. The molecule has 0 bridgehead atoms. The Bertz CT molecular complexity index is 444. The van der Waals surface area contributed by atoms with Crippen molar-refractivity contribution in [1.29, 1.82) is 0 Å². The molecule has 2 N–H and O–H groups in total. The normalized spacial score (nSPS) is 12.7. The Morgan fingerprint density at radius 3 is 2.17 bits per heavy atom.